The molecule has 2 rings (SSSR count). The zero-order chi connectivity index (χ0) is 17.0. The minimum absolute atomic E-state index is 0.0308. The van der Waals surface area contributed by atoms with E-state index in [0.717, 1.165) is 11.3 Å². The molecular weight excluding hydrogens is 351 g/mol. The van der Waals surface area contributed by atoms with Gasteiger partial charge < -0.3 is 10.6 Å². The van der Waals surface area contributed by atoms with Gasteiger partial charge in [0.15, 0.2) is 10.9 Å². The molecule has 0 saturated carbocycles. The van der Waals surface area contributed by atoms with E-state index >= 15 is 0 Å². The maximum absolute atomic E-state index is 11.3. The van der Waals surface area contributed by atoms with Gasteiger partial charge in [-0.05, 0) is 68.0 Å². The van der Waals surface area contributed by atoms with Crippen LogP contribution in [0, 0.1) is 0 Å². The maximum Gasteiger partial charge on any atom is 0.171 e. The van der Waals surface area contributed by atoms with Crippen LogP contribution in [-0.2, 0) is 0 Å². The van der Waals surface area contributed by atoms with Gasteiger partial charge in [-0.2, -0.15) is 0 Å². The SMILES string of the molecule is CC(=O)c1ccc(NC(=S)N[C@H](C)c2ccc(Cl)cc2Cl)cc1. The molecule has 0 aromatic heterocycles. The predicted molar refractivity (Wildman–Crippen MR) is 101 cm³/mol. The van der Waals surface area contributed by atoms with Crippen molar-refractivity contribution in [1.29, 1.82) is 0 Å². The molecule has 2 N–H and O–H groups in total. The fourth-order valence-corrected chi connectivity index (χ4v) is 2.95. The molecule has 120 valence electrons. The van der Waals surface area contributed by atoms with Crippen LogP contribution in [-0.4, -0.2) is 10.9 Å². The van der Waals surface area contributed by atoms with E-state index in [1.165, 1.54) is 6.92 Å². The molecule has 23 heavy (non-hydrogen) atoms. The van der Waals surface area contributed by atoms with E-state index in [1.807, 2.05) is 25.1 Å². The first kappa shape index (κ1) is 17.7. The second kappa shape index (κ2) is 7.77. The van der Waals surface area contributed by atoms with Crippen LogP contribution < -0.4 is 10.6 Å². The van der Waals surface area contributed by atoms with Crippen molar-refractivity contribution in [3.05, 3.63) is 63.6 Å². The highest BCUT2D eigenvalue weighted by atomic mass is 35.5. The second-order valence-electron chi connectivity index (χ2n) is 5.12. The lowest BCUT2D eigenvalue weighted by atomic mass is 10.1. The molecule has 0 unspecified atom stereocenters. The van der Waals surface area contributed by atoms with Gasteiger partial charge in [0.1, 0.15) is 0 Å². The molecule has 0 aliphatic rings. The minimum Gasteiger partial charge on any atom is -0.356 e. The Bertz CT molecular complexity index is 732. The van der Waals surface area contributed by atoms with Gasteiger partial charge in [0.05, 0.1) is 6.04 Å². The molecule has 1 atom stereocenters. The summed E-state index contributed by atoms with van der Waals surface area (Å²) >= 11 is 17.4. The summed E-state index contributed by atoms with van der Waals surface area (Å²) in [6.45, 7) is 3.49. The number of rotatable bonds is 4. The van der Waals surface area contributed by atoms with Crippen molar-refractivity contribution in [2.45, 2.75) is 19.9 Å². The standard InChI is InChI=1S/C17H16Cl2N2OS/c1-10(15-8-5-13(18)9-16(15)19)20-17(23)21-14-6-3-12(4-7-14)11(2)22/h3-10H,1-2H3,(H2,20,21,23)/t10-/m1/s1. The van der Waals surface area contributed by atoms with Gasteiger partial charge >= 0.3 is 0 Å². The third-order valence-electron chi connectivity index (χ3n) is 3.33. The number of carbonyl (C=O) groups is 1. The number of halogens is 2. The molecule has 0 aliphatic heterocycles. The number of hydrogen-bond donors (Lipinski definition) is 2. The van der Waals surface area contributed by atoms with Gasteiger partial charge in [-0.3, -0.25) is 4.79 Å². The highest BCUT2D eigenvalue weighted by Gasteiger charge is 2.11. The highest BCUT2D eigenvalue weighted by Crippen LogP contribution is 2.26. The molecule has 2 aromatic rings. The van der Waals surface area contributed by atoms with Crippen LogP contribution in [0.5, 0.6) is 0 Å². The number of benzene rings is 2. The van der Waals surface area contributed by atoms with Crippen LogP contribution in [0.2, 0.25) is 10.0 Å². The number of hydrogen-bond acceptors (Lipinski definition) is 2. The number of thiocarbonyl (C=S) groups is 1. The van der Waals surface area contributed by atoms with Crippen molar-refractivity contribution in [3.63, 3.8) is 0 Å². The number of Topliss-reactive ketones (excluding diaryl/α,β-unsaturated/α-hetero) is 1. The van der Waals surface area contributed by atoms with Crippen LogP contribution in [0.15, 0.2) is 42.5 Å². The first-order valence-corrected chi connectivity index (χ1v) is 8.16. The molecular formula is C17H16Cl2N2OS. The summed E-state index contributed by atoms with van der Waals surface area (Å²) in [5.41, 5.74) is 2.38. The van der Waals surface area contributed by atoms with E-state index in [-0.39, 0.29) is 11.8 Å². The van der Waals surface area contributed by atoms with Gasteiger partial charge in [0.2, 0.25) is 0 Å². The quantitative estimate of drug-likeness (QED) is 0.573. The summed E-state index contributed by atoms with van der Waals surface area (Å²) in [6.07, 6.45) is 0. The molecule has 0 bridgehead atoms. The smallest absolute Gasteiger partial charge is 0.171 e. The van der Waals surface area contributed by atoms with E-state index in [2.05, 4.69) is 10.6 Å². The zero-order valence-corrected chi connectivity index (χ0v) is 15.0. The molecule has 0 fully saturated rings. The van der Waals surface area contributed by atoms with Crippen LogP contribution in [0.3, 0.4) is 0 Å². The summed E-state index contributed by atoms with van der Waals surface area (Å²) in [5.74, 6) is 0.0308. The molecule has 0 saturated heterocycles. The van der Waals surface area contributed by atoms with Crippen molar-refractivity contribution in [1.82, 2.24) is 5.32 Å². The highest BCUT2D eigenvalue weighted by molar-refractivity contribution is 7.80. The van der Waals surface area contributed by atoms with Gasteiger partial charge in [-0.25, -0.2) is 0 Å². The van der Waals surface area contributed by atoms with Gasteiger partial charge in [-0.15, -0.1) is 0 Å². The Morgan fingerprint density at radius 2 is 1.78 bits per heavy atom. The average Bonchev–Trinajstić information content (AvgIpc) is 2.47. The minimum atomic E-state index is -0.0729. The normalized spacial score (nSPS) is 11.7. The molecule has 0 radical (unpaired) electrons. The number of carbonyl (C=O) groups excluding carboxylic acids is 1. The Labute approximate surface area is 151 Å². The van der Waals surface area contributed by atoms with Crippen molar-refractivity contribution in [2.24, 2.45) is 0 Å². The Hall–Kier alpha value is -1.62. The Balaban J connectivity index is 1.99. The maximum atomic E-state index is 11.3. The van der Waals surface area contributed by atoms with Crippen molar-refractivity contribution in [2.75, 3.05) is 5.32 Å². The van der Waals surface area contributed by atoms with E-state index in [4.69, 9.17) is 35.4 Å². The van der Waals surface area contributed by atoms with Crippen LogP contribution in [0.25, 0.3) is 0 Å². The number of nitrogens with one attached hydrogen (secondary N) is 2. The fourth-order valence-electron chi connectivity index (χ4n) is 2.08. The monoisotopic (exact) mass is 366 g/mol. The van der Waals surface area contributed by atoms with Crippen LogP contribution in [0.1, 0.15) is 35.8 Å². The number of anilines is 1. The van der Waals surface area contributed by atoms with Crippen molar-refractivity contribution < 1.29 is 4.79 Å². The summed E-state index contributed by atoms with van der Waals surface area (Å²) in [5, 5.41) is 7.90. The van der Waals surface area contributed by atoms with Gasteiger partial charge in [-0.1, -0.05) is 29.3 Å². The van der Waals surface area contributed by atoms with E-state index in [0.29, 0.717) is 20.7 Å². The average molecular weight is 367 g/mol. The van der Waals surface area contributed by atoms with Crippen molar-refractivity contribution in [3.8, 4) is 0 Å². The fraction of sp³-hybridized carbons (Fsp3) is 0.176. The van der Waals surface area contributed by atoms with Crippen LogP contribution in [0.4, 0.5) is 5.69 Å². The molecule has 0 spiro atoms. The van der Waals surface area contributed by atoms with E-state index < -0.39 is 0 Å². The molecule has 3 nitrogen and oxygen atoms in total. The second-order valence-corrected chi connectivity index (χ2v) is 6.37. The molecule has 6 heteroatoms. The zero-order valence-electron chi connectivity index (χ0n) is 12.7. The topological polar surface area (TPSA) is 41.1 Å². The third-order valence-corrected chi connectivity index (χ3v) is 4.11. The molecule has 0 amide bonds. The summed E-state index contributed by atoms with van der Waals surface area (Å²) in [4.78, 5) is 11.3. The molecule has 0 aliphatic carbocycles. The Morgan fingerprint density at radius 1 is 1.13 bits per heavy atom. The van der Waals surface area contributed by atoms with Gasteiger partial charge in [0.25, 0.3) is 0 Å². The lowest BCUT2D eigenvalue weighted by Crippen LogP contribution is -2.31. The van der Waals surface area contributed by atoms with Crippen LogP contribution >= 0.6 is 35.4 Å². The Kier molecular flexibility index (Phi) is 5.99. The largest absolute Gasteiger partial charge is 0.356 e. The van der Waals surface area contributed by atoms with Gasteiger partial charge in [0, 0.05) is 21.3 Å². The lowest BCUT2D eigenvalue weighted by Gasteiger charge is -2.18. The van der Waals surface area contributed by atoms with E-state index in [9.17, 15) is 4.79 Å². The molecule has 0 heterocycles. The number of ketones is 1. The first-order valence-electron chi connectivity index (χ1n) is 7.00. The summed E-state index contributed by atoms with van der Waals surface area (Å²) in [7, 11) is 0. The summed E-state index contributed by atoms with van der Waals surface area (Å²) < 4.78 is 0. The molecule has 2 aromatic carbocycles. The summed E-state index contributed by atoms with van der Waals surface area (Å²) in [6, 6.07) is 12.4. The van der Waals surface area contributed by atoms with Crippen molar-refractivity contribution >= 4 is 52.0 Å². The predicted octanol–water partition coefficient (Wildman–Crippen LogP) is 5.24. The van der Waals surface area contributed by atoms with E-state index in [1.54, 1.807) is 24.3 Å². The Morgan fingerprint density at radius 3 is 2.35 bits per heavy atom. The third kappa shape index (κ3) is 4.93. The lowest BCUT2D eigenvalue weighted by molar-refractivity contribution is 0.101. The first-order chi connectivity index (χ1) is 10.9.